The number of nitrogens with one attached hydrogen (secondary N) is 2. The number of hydrogen-bond acceptors (Lipinski definition) is 2. The van der Waals surface area contributed by atoms with E-state index in [2.05, 4.69) is 9.97 Å². The van der Waals surface area contributed by atoms with Crippen LogP contribution in [0, 0.1) is 0 Å². The summed E-state index contributed by atoms with van der Waals surface area (Å²) in [5, 5.41) is 0.394. The molecule has 0 aliphatic heterocycles. The van der Waals surface area contributed by atoms with Crippen LogP contribution >= 0.6 is 0 Å². The second-order valence-electron chi connectivity index (χ2n) is 2.44. The molecule has 2 N–H and O–H groups in total. The summed E-state index contributed by atoms with van der Waals surface area (Å²) >= 11 is 0. The summed E-state index contributed by atoms with van der Waals surface area (Å²) in [6.45, 7) is 0. The minimum absolute atomic E-state index is 0.187. The molecular formula is C8H6N2O2. The fraction of sp³-hybridized carbons (Fsp3) is 0. The van der Waals surface area contributed by atoms with Gasteiger partial charge in [-0.1, -0.05) is 0 Å². The fourth-order valence-electron chi connectivity index (χ4n) is 1.12. The zero-order chi connectivity index (χ0) is 8.55. The van der Waals surface area contributed by atoms with Crippen molar-refractivity contribution in [1.29, 1.82) is 0 Å². The van der Waals surface area contributed by atoms with Crippen molar-refractivity contribution in [2.24, 2.45) is 0 Å². The topological polar surface area (TPSA) is 65.7 Å². The van der Waals surface area contributed by atoms with Crippen LogP contribution in [0.25, 0.3) is 10.9 Å². The smallest absolute Gasteiger partial charge is 0.257 e. The first-order chi connectivity index (χ1) is 5.79. The highest BCUT2D eigenvalue weighted by atomic mass is 16.1. The third-order valence-electron chi connectivity index (χ3n) is 1.69. The molecule has 0 unspecified atom stereocenters. The highest BCUT2D eigenvalue weighted by Crippen LogP contribution is 1.97. The summed E-state index contributed by atoms with van der Waals surface area (Å²) in [4.78, 5) is 27.6. The molecule has 0 saturated heterocycles. The van der Waals surface area contributed by atoms with Gasteiger partial charge in [0.25, 0.3) is 5.56 Å². The number of aromatic amines is 2. The van der Waals surface area contributed by atoms with Crippen molar-refractivity contribution in [3.05, 3.63) is 45.1 Å². The molecular weight excluding hydrogens is 156 g/mol. The lowest BCUT2D eigenvalue weighted by atomic mass is 10.3. The molecule has 4 nitrogen and oxygen atoms in total. The Kier molecular flexibility index (Phi) is 1.33. The van der Waals surface area contributed by atoms with Crippen LogP contribution in [-0.4, -0.2) is 9.97 Å². The van der Waals surface area contributed by atoms with Gasteiger partial charge in [-0.25, -0.2) is 0 Å². The standard InChI is InChI=1S/C8H6N2O2/c11-6-2-4-10-8(12)5-1-3-9-7(5)6/h1-4,9H,(H,10,12). The Bertz CT molecular complexity index is 479. The predicted molar refractivity (Wildman–Crippen MR) is 45.2 cm³/mol. The van der Waals surface area contributed by atoms with Gasteiger partial charge in [0, 0.05) is 18.5 Å². The molecule has 0 aliphatic carbocycles. The van der Waals surface area contributed by atoms with Crippen molar-refractivity contribution in [2.75, 3.05) is 0 Å². The lowest BCUT2D eigenvalue weighted by molar-refractivity contribution is 1.29. The first kappa shape index (κ1) is 6.84. The molecule has 0 amide bonds. The number of H-pyrrole nitrogens is 2. The summed E-state index contributed by atoms with van der Waals surface area (Å²) in [6.07, 6.45) is 2.92. The number of aromatic nitrogens is 2. The van der Waals surface area contributed by atoms with Gasteiger partial charge in [-0.3, -0.25) is 9.59 Å². The van der Waals surface area contributed by atoms with E-state index in [0.29, 0.717) is 10.9 Å². The molecule has 2 rings (SSSR count). The zero-order valence-corrected chi connectivity index (χ0v) is 6.13. The SMILES string of the molecule is O=c1[nH]ccc(=O)c2[nH]ccc12. The highest BCUT2D eigenvalue weighted by molar-refractivity contribution is 5.77. The van der Waals surface area contributed by atoms with Crippen LogP contribution in [0.4, 0.5) is 0 Å². The Labute approximate surface area is 66.9 Å². The molecule has 0 saturated carbocycles. The molecule has 0 aliphatic rings. The van der Waals surface area contributed by atoms with Crippen LogP contribution in [0.3, 0.4) is 0 Å². The van der Waals surface area contributed by atoms with E-state index < -0.39 is 0 Å². The Morgan fingerprint density at radius 2 is 1.75 bits per heavy atom. The summed E-state index contributed by atoms with van der Waals surface area (Å²) < 4.78 is 0. The highest BCUT2D eigenvalue weighted by Gasteiger charge is 1.98. The third-order valence-corrected chi connectivity index (χ3v) is 1.69. The maximum absolute atomic E-state index is 11.2. The van der Waals surface area contributed by atoms with Crippen LogP contribution in [0.15, 0.2) is 34.1 Å². The van der Waals surface area contributed by atoms with E-state index in [1.54, 1.807) is 12.3 Å². The maximum atomic E-state index is 11.2. The maximum Gasteiger partial charge on any atom is 0.257 e. The van der Waals surface area contributed by atoms with Crippen molar-refractivity contribution in [2.45, 2.75) is 0 Å². The number of rotatable bonds is 0. The van der Waals surface area contributed by atoms with Crippen molar-refractivity contribution in [3.63, 3.8) is 0 Å². The van der Waals surface area contributed by atoms with E-state index >= 15 is 0 Å². The van der Waals surface area contributed by atoms with E-state index in [9.17, 15) is 9.59 Å². The molecule has 0 fully saturated rings. The first-order valence-corrected chi connectivity index (χ1v) is 3.48. The molecule has 2 heterocycles. The molecule has 60 valence electrons. The van der Waals surface area contributed by atoms with Gasteiger partial charge < -0.3 is 9.97 Å². The quantitative estimate of drug-likeness (QED) is 0.581. The average molecular weight is 162 g/mol. The van der Waals surface area contributed by atoms with Gasteiger partial charge in [-0.2, -0.15) is 0 Å². The van der Waals surface area contributed by atoms with Crippen LogP contribution in [-0.2, 0) is 0 Å². The summed E-state index contributed by atoms with van der Waals surface area (Å²) in [7, 11) is 0. The monoisotopic (exact) mass is 162 g/mol. The minimum atomic E-state index is -0.256. The first-order valence-electron chi connectivity index (χ1n) is 3.48. The Morgan fingerprint density at radius 3 is 2.58 bits per heavy atom. The molecule has 0 spiro atoms. The Morgan fingerprint density at radius 1 is 1.00 bits per heavy atom. The van der Waals surface area contributed by atoms with Crippen molar-refractivity contribution >= 4 is 10.9 Å². The molecule has 0 aromatic carbocycles. The molecule has 0 radical (unpaired) electrons. The van der Waals surface area contributed by atoms with Gasteiger partial charge in [-0.15, -0.1) is 0 Å². The van der Waals surface area contributed by atoms with Gasteiger partial charge in [0.05, 0.1) is 10.9 Å². The van der Waals surface area contributed by atoms with Crippen molar-refractivity contribution < 1.29 is 0 Å². The summed E-state index contributed by atoms with van der Waals surface area (Å²) in [5.41, 5.74) is -0.0945. The molecule has 0 atom stereocenters. The van der Waals surface area contributed by atoms with Crippen LogP contribution in [0.5, 0.6) is 0 Å². The van der Waals surface area contributed by atoms with Gasteiger partial charge in [0.1, 0.15) is 0 Å². The average Bonchev–Trinajstić information content (AvgIpc) is 2.47. The lowest BCUT2D eigenvalue weighted by Gasteiger charge is -1.74. The largest absolute Gasteiger partial charge is 0.358 e. The van der Waals surface area contributed by atoms with Crippen molar-refractivity contribution in [1.82, 2.24) is 9.97 Å². The normalized spacial score (nSPS) is 10.3. The molecule has 2 aromatic rings. The van der Waals surface area contributed by atoms with E-state index in [0.717, 1.165) is 0 Å². The third kappa shape index (κ3) is 0.852. The van der Waals surface area contributed by atoms with E-state index in [1.807, 2.05) is 0 Å². The summed E-state index contributed by atoms with van der Waals surface area (Å²) in [5.74, 6) is 0. The van der Waals surface area contributed by atoms with Crippen LogP contribution < -0.4 is 11.0 Å². The number of fused-ring (bicyclic) bond motifs is 1. The zero-order valence-electron chi connectivity index (χ0n) is 6.13. The van der Waals surface area contributed by atoms with E-state index in [-0.39, 0.29) is 11.0 Å². The Balaban J connectivity index is 3.22. The van der Waals surface area contributed by atoms with Gasteiger partial charge in [-0.05, 0) is 6.07 Å². The van der Waals surface area contributed by atoms with E-state index in [1.165, 1.54) is 12.3 Å². The Hall–Kier alpha value is -1.84. The predicted octanol–water partition coefficient (Wildman–Crippen LogP) is 0.216. The van der Waals surface area contributed by atoms with Gasteiger partial charge in [0.2, 0.25) is 5.43 Å². The van der Waals surface area contributed by atoms with E-state index in [4.69, 9.17) is 0 Å². The van der Waals surface area contributed by atoms with Crippen molar-refractivity contribution in [3.8, 4) is 0 Å². The van der Waals surface area contributed by atoms with Crippen LogP contribution in [0.2, 0.25) is 0 Å². The second-order valence-corrected chi connectivity index (χ2v) is 2.44. The minimum Gasteiger partial charge on any atom is -0.358 e. The molecule has 12 heavy (non-hydrogen) atoms. The van der Waals surface area contributed by atoms with Gasteiger partial charge >= 0.3 is 0 Å². The molecule has 2 aromatic heterocycles. The fourth-order valence-corrected chi connectivity index (χ4v) is 1.12. The summed E-state index contributed by atoms with van der Waals surface area (Å²) in [6, 6.07) is 2.90. The molecule has 0 bridgehead atoms. The second kappa shape index (κ2) is 2.34. The molecule has 4 heteroatoms. The van der Waals surface area contributed by atoms with Crippen LogP contribution in [0.1, 0.15) is 0 Å². The lowest BCUT2D eigenvalue weighted by Crippen LogP contribution is -2.01. The number of hydrogen-bond donors (Lipinski definition) is 2. The van der Waals surface area contributed by atoms with Gasteiger partial charge in [0.15, 0.2) is 0 Å².